The molecule has 0 amide bonds. The van der Waals surface area contributed by atoms with E-state index in [4.69, 9.17) is 4.74 Å². The summed E-state index contributed by atoms with van der Waals surface area (Å²) in [5, 5.41) is 13.1. The summed E-state index contributed by atoms with van der Waals surface area (Å²) in [5.74, 6) is -0.00260. The maximum absolute atomic E-state index is 12.2. The first-order chi connectivity index (χ1) is 9.40. The number of phenols is 1. The number of esters is 1. The summed E-state index contributed by atoms with van der Waals surface area (Å²) in [5.41, 5.74) is 2.36. The van der Waals surface area contributed by atoms with Crippen molar-refractivity contribution in [2.45, 2.75) is 53.1 Å². The maximum Gasteiger partial charge on any atom is 0.327 e. The minimum Gasteiger partial charge on any atom is -0.507 e. The molecule has 1 aromatic rings. The molecule has 0 aliphatic heterocycles. The molecule has 2 N–H and O–H groups in total. The quantitative estimate of drug-likeness (QED) is 0.786. The van der Waals surface area contributed by atoms with Gasteiger partial charge in [-0.05, 0) is 50.8 Å². The largest absolute Gasteiger partial charge is 0.507 e. The highest BCUT2D eigenvalue weighted by atomic mass is 16.5. The Labute approximate surface area is 121 Å². The van der Waals surface area contributed by atoms with Crippen molar-refractivity contribution in [2.24, 2.45) is 0 Å². The zero-order valence-corrected chi connectivity index (χ0v) is 13.0. The standard InChI is InChI=1S/C16H25NO3/c1-6-12(5)17-14(16(19)20-7-2)13-8-10(3)15(18)11(4)9-13/h8-9,12,14,17-18H,6-7H2,1-5H3. The first-order valence-electron chi connectivity index (χ1n) is 7.13. The molecule has 0 bridgehead atoms. The highest BCUT2D eigenvalue weighted by Crippen LogP contribution is 2.27. The van der Waals surface area contributed by atoms with Crippen molar-refractivity contribution in [3.8, 4) is 5.75 Å². The van der Waals surface area contributed by atoms with E-state index in [1.165, 1.54) is 0 Å². The molecule has 0 heterocycles. The van der Waals surface area contributed by atoms with E-state index in [2.05, 4.69) is 12.2 Å². The van der Waals surface area contributed by atoms with Gasteiger partial charge in [0.1, 0.15) is 11.8 Å². The molecule has 0 aliphatic carbocycles. The average molecular weight is 279 g/mol. The fraction of sp³-hybridized carbons (Fsp3) is 0.562. The number of hydrogen-bond acceptors (Lipinski definition) is 4. The van der Waals surface area contributed by atoms with Crippen molar-refractivity contribution in [3.63, 3.8) is 0 Å². The third-order valence-electron chi connectivity index (χ3n) is 3.43. The van der Waals surface area contributed by atoms with Gasteiger partial charge in [0.2, 0.25) is 0 Å². The Morgan fingerprint density at radius 1 is 1.30 bits per heavy atom. The second kappa shape index (κ2) is 7.29. The molecular formula is C16H25NO3. The molecule has 0 spiro atoms. The van der Waals surface area contributed by atoms with E-state index in [-0.39, 0.29) is 17.8 Å². The molecule has 0 aliphatic rings. The van der Waals surface area contributed by atoms with Gasteiger partial charge in [0.25, 0.3) is 0 Å². The van der Waals surface area contributed by atoms with E-state index in [1.807, 2.05) is 32.9 Å². The molecular weight excluding hydrogens is 254 g/mol. The van der Waals surface area contributed by atoms with Crippen molar-refractivity contribution < 1.29 is 14.6 Å². The number of ether oxygens (including phenoxy) is 1. The first-order valence-corrected chi connectivity index (χ1v) is 7.13. The van der Waals surface area contributed by atoms with Crippen LogP contribution in [0.3, 0.4) is 0 Å². The number of carbonyl (C=O) groups excluding carboxylic acids is 1. The minimum absolute atomic E-state index is 0.207. The lowest BCUT2D eigenvalue weighted by Crippen LogP contribution is -2.36. The molecule has 4 nitrogen and oxygen atoms in total. The van der Waals surface area contributed by atoms with Crippen molar-refractivity contribution in [2.75, 3.05) is 6.61 Å². The molecule has 0 fully saturated rings. The Bertz CT molecular complexity index is 448. The number of phenolic OH excluding ortho intramolecular Hbond substituents is 1. The molecule has 0 saturated carbocycles. The van der Waals surface area contributed by atoms with Gasteiger partial charge in [-0.3, -0.25) is 5.32 Å². The number of nitrogens with one attached hydrogen (secondary N) is 1. The average Bonchev–Trinajstić information content (AvgIpc) is 2.41. The number of carbonyl (C=O) groups is 1. The fourth-order valence-corrected chi connectivity index (χ4v) is 2.08. The highest BCUT2D eigenvalue weighted by Gasteiger charge is 2.24. The Balaban J connectivity index is 3.12. The van der Waals surface area contributed by atoms with Gasteiger partial charge in [-0.2, -0.15) is 0 Å². The van der Waals surface area contributed by atoms with Crippen LogP contribution in [0.25, 0.3) is 0 Å². The molecule has 2 atom stereocenters. The molecule has 1 aromatic carbocycles. The van der Waals surface area contributed by atoms with Crippen LogP contribution < -0.4 is 5.32 Å². The maximum atomic E-state index is 12.2. The summed E-state index contributed by atoms with van der Waals surface area (Å²) >= 11 is 0. The van der Waals surface area contributed by atoms with E-state index in [0.29, 0.717) is 6.61 Å². The Morgan fingerprint density at radius 2 is 1.85 bits per heavy atom. The van der Waals surface area contributed by atoms with E-state index in [0.717, 1.165) is 23.1 Å². The molecule has 0 aromatic heterocycles. The molecule has 1 rings (SSSR count). The SMILES string of the molecule is CCOC(=O)C(NC(C)CC)c1cc(C)c(O)c(C)c1. The summed E-state index contributed by atoms with van der Waals surface area (Å²) in [6.07, 6.45) is 0.923. The van der Waals surface area contributed by atoms with Crippen LogP contribution in [0.1, 0.15) is 49.9 Å². The fourth-order valence-electron chi connectivity index (χ4n) is 2.08. The van der Waals surface area contributed by atoms with Gasteiger partial charge in [-0.1, -0.05) is 19.1 Å². The van der Waals surface area contributed by atoms with Gasteiger partial charge < -0.3 is 9.84 Å². The van der Waals surface area contributed by atoms with E-state index in [9.17, 15) is 9.90 Å². The van der Waals surface area contributed by atoms with Crippen LogP contribution in [0.5, 0.6) is 5.75 Å². The number of hydrogen-bond donors (Lipinski definition) is 2. The lowest BCUT2D eigenvalue weighted by Gasteiger charge is -2.22. The monoisotopic (exact) mass is 279 g/mol. The number of aryl methyl sites for hydroxylation is 2. The van der Waals surface area contributed by atoms with Gasteiger partial charge in [0.05, 0.1) is 6.61 Å². The predicted molar refractivity (Wildman–Crippen MR) is 79.8 cm³/mol. The smallest absolute Gasteiger partial charge is 0.327 e. The van der Waals surface area contributed by atoms with Gasteiger partial charge in [-0.25, -0.2) is 4.79 Å². The van der Waals surface area contributed by atoms with Crippen LogP contribution in [0.15, 0.2) is 12.1 Å². The molecule has 2 unspecified atom stereocenters. The third-order valence-corrected chi connectivity index (χ3v) is 3.43. The topological polar surface area (TPSA) is 58.6 Å². The molecule has 20 heavy (non-hydrogen) atoms. The van der Waals surface area contributed by atoms with Crippen LogP contribution in [-0.2, 0) is 9.53 Å². The second-order valence-electron chi connectivity index (χ2n) is 5.16. The van der Waals surface area contributed by atoms with Gasteiger partial charge in [0, 0.05) is 6.04 Å². The predicted octanol–water partition coefficient (Wildman–Crippen LogP) is 3.00. The lowest BCUT2D eigenvalue weighted by molar-refractivity contribution is -0.146. The van der Waals surface area contributed by atoms with E-state index < -0.39 is 6.04 Å². The number of aromatic hydroxyl groups is 1. The summed E-state index contributed by atoms with van der Waals surface area (Å²) in [6, 6.07) is 3.38. The molecule has 0 saturated heterocycles. The van der Waals surface area contributed by atoms with Crippen LogP contribution in [0.4, 0.5) is 0 Å². The number of rotatable bonds is 6. The highest BCUT2D eigenvalue weighted by molar-refractivity contribution is 5.78. The number of benzene rings is 1. The van der Waals surface area contributed by atoms with E-state index >= 15 is 0 Å². The Hall–Kier alpha value is -1.55. The van der Waals surface area contributed by atoms with Crippen molar-refractivity contribution in [1.82, 2.24) is 5.32 Å². The van der Waals surface area contributed by atoms with Crippen molar-refractivity contribution in [3.05, 3.63) is 28.8 Å². The minimum atomic E-state index is -0.497. The van der Waals surface area contributed by atoms with Gasteiger partial charge >= 0.3 is 5.97 Å². The Kier molecular flexibility index (Phi) is 6.02. The Morgan fingerprint density at radius 3 is 2.30 bits per heavy atom. The normalized spacial score (nSPS) is 13.8. The summed E-state index contributed by atoms with van der Waals surface area (Å²) in [6.45, 7) is 9.91. The van der Waals surface area contributed by atoms with Gasteiger partial charge in [0.15, 0.2) is 0 Å². The van der Waals surface area contributed by atoms with Crippen molar-refractivity contribution >= 4 is 5.97 Å². The van der Waals surface area contributed by atoms with E-state index in [1.54, 1.807) is 6.92 Å². The molecule has 112 valence electrons. The summed E-state index contributed by atoms with van der Waals surface area (Å²) in [7, 11) is 0. The first kappa shape index (κ1) is 16.5. The zero-order chi connectivity index (χ0) is 15.3. The van der Waals surface area contributed by atoms with Crippen LogP contribution >= 0.6 is 0 Å². The van der Waals surface area contributed by atoms with Crippen molar-refractivity contribution in [1.29, 1.82) is 0 Å². The zero-order valence-electron chi connectivity index (χ0n) is 13.0. The second-order valence-corrected chi connectivity index (χ2v) is 5.16. The summed E-state index contributed by atoms with van der Waals surface area (Å²) in [4.78, 5) is 12.2. The molecule has 0 radical (unpaired) electrons. The summed E-state index contributed by atoms with van der Waals surface area (Å²) < 4.78 is 5.15. The lowest BCUT2D eigenvalue weighted by atomic mass is 9.99. The molecule has 4 heteroatoms. The van der Waals surface area contributed by atoms with Crippen LogP contribution in [0.2, 0.25) is 0 Å². The van der Waals surface area contributed by atoms with Crippen LogP contribution in [0, 0.1) is 13.8 Å². The van der Waals surface area contributed by atoms with Crippen LogP contribution in [-0.4, -0.2) is 23.7 Å². The van der Waals surface area contributed by atoms with Gasteiger partial charge in [-0.15, -0.1) is 0 Å². The third kappa shape index (κ3) is 3.97.